The van der Waals surface area contributed by atoms with E-state index in [-0.39, 0.29) is 12.4 Å². The molecule has 2 aromatic carbocycles. The highest BCUT2D eigenvalue weighted by Crippen LogP contribution is 2.31. The molecule has 0 aliphatic carbocycles. The van der Waals surface area contributed by atoms with Crippen LogP contribution in [0.15, 0.2) is 59.8 Å². The lowest BCUT2D eigenvalue weighted by Gasteiger charge is -2.31. The number of nitrogens with zero attached hydrogens (tertiary/aromatic N) is 1. The van der Waals surface area contributed by atoms with Crippen molar-refractivity contribution in [2.75, 3.05) is 26.2 Å². The van der Waals surface area contributed by atoms with Crippen molar-refractivity contribution >= 4 is 12.0 Å². The zero-order valence-corrected chi connectivity index (χ0v) is 18.4. The van der Waals surface area contributed by atoms with Crippen LogP contribution < -0.4 is 10.6 Å². The Morgan fingerprint density at radius 1 is 1.12 bits per heavy atom. The highest BCUT2D eigenvalue weighted by atomic mass is 19.1. The molecule has 2 aromatic rings. The Balaban J connectivity index is 1.60. The first kappa shape index (κ1) is 22.0. The minimum atomic E-state index is -0.700. The van der Waals surface area contributed by atoms with E-state index in [0.29, 0.717) is 29.3 Å². The summed E-state index contributed by atoms with van der Waals surface area (Å²) in [4.78, 5) is 27.6. The summed E-state index contributed by atoms with van der Waals surface area (Å²) in [6.07, 6.45) is 1.01. The Kier molecular flexibility index (Phi) is 6.55. The molecule has 0 saturated carbocycles. The predicted octanol–water partition coefficient (Wildman–Crippen LogP) is 3.79. The Morgan fingerprint density at radius 2 is 1.81 bits per heavy atom. The highest BCUT2D eigenvalue weighted by molar-refractivity contribution is 5.95. The lowest BCUT2D eigenvalue weighted by molar-refractivity contribution is -0.139. The van der Waals surface area contributed by atoms with Gasteiger partial charge in [-0.25, -0.2) is 14.0 Å². The van der Waals surface area contributed by atoms with E-state index in [0.717, 1.165) is 19.5 Å². The van der Waals surface area contributed by atoms with Gasteiger partial charge >= 0.3 is 12.0 Å². The molecule has 0 aromatic heterocycles. The van der Waals surface area contributed by atoms with Crippen LogP contribution in [0.5, 0.6) is 0 Å². The fourth-order valence-electron chi connectivity index (χ4n) is 4.41. The number of ether oxygens (including phenoxy) is 1. The molecule has 2 amide bonds. The molecule has 4 rings (SSSR count). The quantitative estimate of drug-likeness (QED) is 0.675. The van der Waals surface area contributed by atoms with Gasteiger partial charge in [-0.3, -0.25) is 4.90 Å². The molecule has 32 heavy (non-hydrogen) atoms. The van der Waals surface area contributed by atoms with Crippen molar-refractivity contribution in [1.29, 1.82) is 0 Å². The monoisotopic (exact) mass is 437 g/mol. The van der Waals surface area contributed by atoms with Crippen LogP contribution >= 0.6 is 0 Å². The first-order valence-electron chi connectivity index (χ1n) is 11.0. The molecule has 2 heterocycles. The van der Waals surface area contributed by atoms with Crippen LogP contribution in [0.1, 0.15) is 42.0 Å². The molecule has 1 fully saturated rings. The Morgan fingerprint density at radius 3 is 2.50 bits per heavy atom. The Hall–Kier alpha value is -3.19. The predicted molar refractivity (Wildman–Crippen MR) is 119 cm³/mol. The number of halogens is 1. The van der Waals surface area contributed by atoms with E-state index in [4.69, 9.17) is 4.74 Å². The van der Waals surface area contributed by atoms with Crippen molar-refractivity contribution in [3.63, 3.8) is 0 Å². The second-order valence-corrected chi connectivity index (χ2v) is 8.33. The number of nitrogens with one attached hydrogen (secondary N) is 2. The largest absolute Gasteiger partial charge is 0.463 e. The van der Waals surface area contributed by atoms with Gasteiger partial charge in [0.05, 0.1) is 18.2 Å². The van der Waals surface area contributed by atoms with E-state index in [2.05, 4.69) is 46.7 Å². The van der Waals surface area contributed by atoms with E-state index in [9.17, 15) is 14.0 Å². The molecule has 2 N–H and O–H groups in total. The standard InChI is InChI=1S/C25H28FN3O3/c1-3-32-24(30)22-21(27-25(31)28-23(22)18-8-10-20(26)11-9-18)15-29-13-12-19(14-29)17-6-4-16(2)5-7-17/h4-11,19,23H,3,12-15H2,1-2H3,(H2,27,28,31)/t19-,23+/m0/s1. The van der Waals surface area contributed by atoms with E-state index in [1.165, 1.54) is 23.3 Å². The summed E-state index contributed by atoms with van der Waals surface area (Å²) in [6.45, 7) is 6.17. The van der Waals surface area contributed by atoms with Crippen molar-refractivity contribution in [2.24, 2.45) is 0 Å². The molecule has 2 aliphatic rings. The number of likely N-dealkylation sites (tertiary alicyclic amines) is 1. The number of amides is 2. The number of rotatable bonds is 6. The molecule has 0 spiro atoms. The lowest BCUT2D eigenvalue weighted by Crippen LogP contribution is -2.48. The summed E-state index contributed by atoms with van der Waals surface area (Å²) in [5.41, 5.74) is 4.05. The van der Waals surface area contributed by atoms with Crippen LogP contribution in [0.3, 0.4) is 0 Å². The summed E-state index contributed by atoms with van der Waals surface area (Å²) in [5.74, 6) is -0.457. The van der Waals surface area contributed by atoms with Crippen molar-refractivity contribution in [3.8, 4) is 0 Å². The van der Waals surface area contributed by atoms with Crippen LogP contribution in [0, 0.1) is 12.7 Å². The van der Waals surface area contributed by atoms with Gasteiger partial charge in [0.15, 0.2) is 0 Å². The maximum Gasteiger partial charge on any atom is 0.338 e. The molecule has 7 heteroatoms. The van der Waals surface area contributed by atoms with Gasteiger partial charge in [0, 0.05) is 18.8 Å². The van der Waals surface area contributed by atoms with Gasteiger partial charge in [-0.15, -0.1) is 0 Å². The summed E-state index contributed by atoms with van der Waals surface area (Å²) in [7, 11) is 0. The van der Waals surface area contributed by atoms with Crippen LogP contribution in [-0.4, -0.2) is 43.1 Å². The third kappa shape index (κ3) is 4.83. The molecule has 2 atom stereocenters. The van der Waals surface area contributed by atoms with Gasteiger partial charge in [-0.05, 0) is 56.0 Å². The Bertz CT molecular complexity index is 1020. The van der Waals surface area contributed by atoms with Crippen LogP contribution in [0.25, 0.3) is 0 Å². The van der Waals surface area contributed by atoms with Crippen LogP contribution in [-0.2, 0) is 9.53 Å². The second-order valence-electron chi connectivity index (χ2n) is 8.33. The third-order valence-electron chi connectivity index (χ3n) is 6.06. The van der Waals surface area contributed by atoms with Gasteiger partial charge in [-0.2, -0.15) is 0 Å². The maximum absolute atomic E-state index is 13.4. The van der Waals surface area contributed by atoms with E-state index in [1.807, 2.05) is 0 Å². The number of urea groups is 1. The van der Waals surface area contributed by atoms with Crippen LogP contribution in [0.4, 0.5) is 9.18 Å². The first-order valence-corrected chi connectivity index (χ1v) is 11.0. The first-order chi connectivity index (χ1) is 15.4. The topological polar surface area (TPSA) is 70.7 Å². The molecule has 168 valence electrons. The van der Waals surface area contributed by atoms with Crippen molar-refractivity contribution < 1.29 is 18.7 Å². The van der Waals surface area contributed by atoms with Crippen molar-refractivity contribution in [2.45, 2.75) is 32.2 Å². The smallest absolute Gasteiger partial charge is 0.338 e. The average Bonchev–Trinajstić information content (AvgIpc) is 3.23. The van der Waals surface area contributed by atoms with Gasteiger partial charge in [-0.1, -0.05) is 42.0 Å². The molecular formula is C25H28FN3O3. The van der Waals surface area contributed by atoms with Gasteiger partial charge < -0.3 is 15.4 Å². The summed E-state index contributed by atoms with van der Waals surface area (Å²) in [6, 6.07) is 13.3. The molecule has 2 aliphatic heterocycles. The molecule has 1 saturated heterocycles. The van der Waals surface area contributed by atoms with Crippen molar-refractivity contribution in [3.05, 3.63) is 82.3 Å². The normalized spacial score (nSPS) is 21.3. The summed E-state index contributed by atoms with van der Waals surface area (Å²) in [5, 5.41) is 5.61. The van der Waals surface area contributed by atoms with Gasteiger partial charge in [0.1, 0.15) is 5.82 Å². The van der Waals surface area contributed by atoms with E-state index < -0.39 is 18.0 Å². The number of aryl methyl sites for hydroxylation is 1. The number of hydrogen-bond acceptors (Lipinski definition) is 4. The zero-order valence-electron chi connectivity index (χ0n) is 18.4. The SMILES string of the molecule is CCOC(=O)C1=C(CN2CC[C@H](c3ccc(C)cc3)C2)NC(=O)N[C@@H]1c1ccc(F)cc1. The second kappa shape index (κ2) is 9.53. The fourth-order valence-corrected chi connectivity index (χ4v) is 4.41. The third-order valence-corrected chi connectivity index (χ3v) is 6.06. The van der Waals surface area contributed by atoms with Crippen molar-refractivity contribution in [1.82, 2.24) is 15.5 Å². The van der Waals surface area contributed by atoms with E-state index in [1.54, 1.807) is 19.1 Å². The van der Waals surface area contributed by atoms with Crippen LogP contribution in [0.2, 0.25) is 0 Å². The molecular weight excluding hydrogens is 409 g/mol. The number of carbonyl (C=O) groups excluding carboxylic acids is 2. The minimum Gasteiger partial charge on any atom is -0.463 e. The molecule has 0 radical (unpaired) electrons. The average molecular weight is 438 g/mol. The number of benzene rings is 2. The van der Waals surface area contributed by atoms with Gasteiger partial charge in [0.25, 0.3) is 0 Å². The highest BCUT2D eigenvalue weighted by Gasteiger charge is 2.35. The molecule has 6 nitrogen and oxygen atoms in total. The maximum atomic E-state index is 13.4. The Labute approximate surface area is 187 Å². The minimum absolute atomic E-state index is 0.221. The summed E-state index contributed by atoms with van der Waals surface area (Å²) >= 11 is 0. The molecule has 0 unspecified atom stereocenters. The molecule has 0 bridgehead atoms. The number of hydrogen-bond donors (Lipinski definition) is 2. The van der Waals surface area contributed by atoms with Gasteiger partial charge in [0.2, 0.25) is 0 Å². The summed E-state index contributed by atoms with van der Waals surface area (Å²) < 4.78 is 18.8. The lowest BCUT2D eigenvalue weighted by atomic mass is 9.95. The zero-order chi connectivity index (χ0) is 22.7. The fraction of sp³-hybridized carbons (Fsp3) is 0.360. The number of carbonyl (C=O) groups is 2. The number of esters is 1. The van der Waals surface area contributed by atoms with E-state index >= 15 is 0 Å².